The molecule has 1 amide bonds. The van der Waals surface area contributed by atoms with Crippen LogP contribution in [0.4, 0.5) is 18.9 Å². The van der Waals surface area contributed by atoms with Gasteiger partial charge < -0.3 is 10.2 Å². The number of carbonyl (C=O) groups excluding carboxylic acids is 1. The Labute approximate surface area is 161 Å². The summed E-state index contributed by atoms with van der Waals surface area (Å²) in [6.45, 7) is 2.21. The van der Waals surface area contributed by atoms with E-state index < -0.39 is 26.3 Å². The number of hydrogen-bond donors (Lipinski definition) is 1. The molecule has 0 fully saturated rings. The summed E-state index contributed by atoms with van der Waals surface area (Å²) in [4.78, 5) is 13.0. The molecule has 1 aliphatic heterocycles. The Balaban J connectivity index is 1.87. The van der Waals surface area contributed by atoms with Crippen molar-refractivity contribution in [3.63, 3.8) is 0 Å². The van der Waals surface area contributed by atoms with Crippen LogP contribution in [-0.4, -0.2) is 31.5 Å². The third kappa shape index (κ3) is 4.14. The van der Waals surface area contributed by atoms with E-state index in [1.54, 1.807) is 11.0 Å². The van der Waals surface area contributed by atoms with Gasteiger partial charge in [0.1, 0.15) is 5.82 Å². The SMILES string of the molecule is CC(=O)N1CCC(Nc2ccc(S(=O)(=O)C(F)F)cc2)c2ccc(F)cc2C1. The molecular weight excluding hydrogens is 393 g/mol. The van der Waals surface area contributed by atoms with E-state index in [9.17, 15) is 26.4 Å². The van der Waals surface area contributed by atoms with E-state index in [1.807, 2.05) is 0 Å². The molecule has 0 aromatic heterocycles. The lowest BCUT2D eigenvalue weighted by molar-refractivity contribution is -0.129. The van der Waals surface area contributed by atoms with Crippen LogP contribution in [0.25, 0.3) is 0 Å². The van der Waals surface area contributed by atoms with Crippen LogP contribution in [-0.2, 0) is 21.2 Å². The number of sulfone groups is 1. The molecule has 0 radical (unpaired) electrons. The van der Waals surface area contributed by atoms with E-state index >= 15 is 0 Å². The molecule has 28 heavy (non-hydrogen) atoms. The Morgan fingerprint density at radius 2 is 1.86 bits per heavy atom. The molecule has 150 valence electrons. The van der Waals surface area contributed by atoms with Crippen LogP contribution in [0.3, 0.4) is 0 Å². The van der Waals surface area contributed by atoms with E-state index in [2.05, 4.69) is 5.32 Å². The van der Waals surface area contributed by atoms with Crippen LogP contribution in [0.15, 0.2) is 47.4 Å². The average molecular weight is 412 g/mol. The molecule has 1 aliphatic rings. The van der Waals surface area contributed by atoms with Gasteiger partial charge in [-0.05, 0) is 53.9 Å². The van der Waals surface area contributed by atoms with Gasteiger partial charge in [-0.25, -0.2) is 12.8 Å². The smallest absolute Gasteiger partial charge is 0.341 e. The molecule has 1 unspecified atom stereocenters. The lowest BCUT2D eigenvalue weighted by Gasteiger charge is -2.21. The van der Waals surface area contributed by atoms with Gasteiger partial charge in [-0.2, -0.15) is 8.78 Å². The van der Waals surface area contributed by atoms with E-state index in [1.165, 1.54) is 31.2 Å². The number of alkyl halides is 2. The van der Waals surface area contributed by atoms with Crippen LogP contribution < -0.4 is 5.32 Å². The first kappa shape index (κ1) is 20.2. The normalized spacial score (nSPS) is 17.2. The van der Waals surface area contributed by atoms with E-state index in [0.717, 1.165) is 17.7 Å². The van der Waals surface area contributed by atoms with Crippen LogP contribution in [0, 0.1) is 5.82 Å². The van der Waals surface area contributed by atoms with Gasteiger partial charge in [0.15, 0.2) is 0 Å². The number of halogens is 3. The Hall–Kier alpha value is -2.55. The minimum absolute atomic E-state index is 0.114. The first-order valence-electron chi connectivity index (χ1n) is 8.61. The summed E-state index contributed by atoms with van der Waals surface area (Å²) >= 11 is 0. The van der Waals surface area contributed by atoms with Gasteiger partial charge >= 0.3 is 5.76 Å². The molecule has 2 aromatic carbocycles. The molecule has 1 atom stereocenters. The summed E-state index contributed by atoms with van der Waals surface area (Å²) in [5.41, 5.74) is 2.04. The Kier molecular flexibility index (Phi) is 5.64. The molecule has 0 aliphatic carbocycles. The summed E-state index contributed by atoms with van der Waals surface area (Å²) in [6, 6.07) is 9.19. The lowest BCUT2D eigenvalue weighted by atomic mass is 9.99. The minimum atomic E-state index is -4.65. The van der Waals surface area contributed by atoms with E-state index in [0.29, 0.717) is 30.8 Å². The van der Waals surface area contributed by atoms with Crippen molar-refractivity contribution in [2.45, 2.75) is 36.6 Å². The second-order valence-corrected chi connectivity index (χ2v) is 8.52. The average Bonchev–Trinajstić information content (AvgIpc) is 2.81. The van der Waals surface area contributed by atoms with Crippen LogP contribution in [0.2, 0.25) is 0 Å². The fourth-order valence-electron chi connectivity index (χ4n) is 3.24. The number of nitrogens with zero attached hydrogens (tertiary/aromatic N) is 1. The van der Waals surface area contributed by atoms with Gasteiger partial charge in [-0.1, -0.05) is 6.07 Å². The molecule has 2 aromatic rings. The van der Waals surface area contributed by atoms with Gasteiger partial charge in [0.25, 0.3) is 0 Å². The number of amides is 1. The number of hydrogen-bond acceptors (Lipinski definition) is 4. The number of benzene rings is 2. The van der Waals surface area contributed by atoms with Crippen molar-refractivity contribution < 1.29 is 26.4 Å². The summed E-state index contributed by atoms with van der Waals surface area (Å²) in [5, 5.41) is 3.22. The van der Waals surface area contributed by atoms with Crippen molar-refractivity contribution in [3.05, 3.63) is 59.4 Å². The predicted octanol–water partition coefficient (Wildman–Crippen LogP) is 3.73. The maximum Gasteiger partial charge on any atom is 0.341 e. The van der Waals surface area contributed by atoms with Crippen molar-refractivity contribution in [2.24, 2.45) is 0 Å². The van der Waals surface area contributed by atoms with Crippen molar-refractivity contribution >= 4 is 21.4 Å². The van der Waals surface area contributed by atoms with Gasteiger partial charge in [-0.3, -0.25) is 4.79 Å². The summed E-state index contributed by atoms with van der Waals surface area (Å²) in [5.74, 6) is -3.99. The molecule has 0 saturated carbocycles. The highest BCUT2D eigenvalue weighted by molar-refractivity contribution is 7.91. The molecule has 1 N–H and O–H groups in total. The Morgan fingerprint density at radius 3 is 2.46 bits per heavy atom. The Morgan fingerprint density at radius 1 is 1.18 bits per heavy atom. The lowest BCUT2D eigenvalue weighted by Crippen LogP contribution is -2.28. The highest BCUT2D eigenvalue weighted by atomic mass is 32.2. The number of rotatable bonds is 4. The third-order valence-electron chi connectivity index (χ3n) is 4.73. The van der Waals surface area contributed by atoms with E-state index in [4.69, 9.17) is 0 Å². The van der Waals surface area contributed by atoms with Crippen molar-refractivity contribution in [1.82, 2.24) is 4.90 Å². The third-order valence-corrected chi connectivity index (χ3v) is 6.13. The molecule has 9 heteroatoms. The molecule has 5 nitrogen and oxygen atoms in total. The number of carbonyl (C=O) groups is 1. The standard InChI is InChI=1S/C19H19F3N2O3S/c1-12(25)24-9-8-18(17-7-2-14(20)10-13(17)11-24)23-15-3-5-16(6-4-15)28(26,27)19(21)22/h2-7,10,18-19,23H,8-9,11H2,1H3. The fraction of sp³-hybridized carbons (Fsp3) is 0.316. The molecule has 0 bridgehead atoms. The number of fused-ring (bicyclic) bond motifs is 1. The number of anilines is 1. The maximum atomic E-state index is 13.7. The maximum absolute atomic E-state index is 13.7. The molecular formula is C19H19F3N2O3S. The van der Waals surface area contributed by atoms with Gasteiger partial charge in [0.05, 0.1) is 10.9 Å². The highest BCUT2D eigenvalue weighted by Crippen LogP contribution is 2.31. The Bertz CT molecular complexity index is 978. The zero-order chi connectivity index (χ0) is 20.5. The summed E-state index contributed by atoms with van der Waals surface area (Å²) in [6.07, 6.45) is 0.551. The second-order valence-electron chi connectivity index (χ2n) is 6.60. The van der Waals surface area contributed by atoms with Crippen LogP contribution >= 0.6 is 0 Å². The summed E-state index contributed by atoms with van der Waals surface area (Å²) < 4.78 is 62.1. The monoisotopic (exact) mass is 412 g/mol. The molecule has 0 saturated heterocycles. The fourth-order valence-corrected chi connectivity index (χ4v) is 3.96. The highest BCUT2D eigenvalue weighted by Gasteiger charge is 2.27. The van der Waals surface area contributed by atoms with Crippen molar-refractivity contribution in [3.8, 4) is 0 Å². The number of nitrogens with one attached hydrogen (secondary N) is 1. The largest absolute Gasteiger partial charge is 0.378 e. The van der Waals surface area contributed by atoms with Crippen molar-refractivity contribution in [2.75, 3.05) is 11.9 Å². The first-order chi connectivity index (χ1) is 13.2. The zero-order valence-electron chi connectivity index (χ0n) is 15.0. The predicted molar refractivity (Wildman–Crippen MR) is 98.1 cm³/mol. The van der Waals surface area contributed by atoms with Crippen LogP contribution in [0.1, 0.15) is 30.5 Å². The molecule has 1 heterocycles. The summed E-state index contributed by atoms with van der Waals surface area (Å²) in [7, 11) is -4.65. The second kappa shape index (κ2) is 7.83. The molecule has 0 spiro atoms. The van der Waals surface area contributed by atoms with Gasteiger partial charge in [0, 0.05) is 25.7 Å². The van der Waals surface area contributed by atoms with E-state index in [-0.39, 0.29) is 11.9 Å². The van der Waals surface area contributed by atoms with Gasteiger partial charge in [0.2, 0.25) is 15.7 Å². The molecule has 3 rings (SSSR count). The zero-order valence-corrected chi connectivity index (χ0v) is 15.8. The van der Waals surface area contributed by atoms with Crippen molar-refractivity contribution in [1.29, 1.82) is 0 Å². The minimum Gasteiger partial charge on any atom is -0.378 e. The topological polar surface area (TPSA) is 66.5 Å². The first-order valence-corrected chi connectivity index (χ1v) is 10.2. The quantitative estimate of drug-likeness (QED) is 0.831. The van der Waals surface area contributed by atoms with Gasteiger partial charge in [-0.15, -0.1) is 0 Å². The van der Waals surface area contributed by atoms with Crippen LogP contribution in [0.5, 0.6) is 0 Å².